The first kappa shape index (κ1) is 15.3. The minimum atomic E-state index is -1.20. The topological polar surface area (TPSA) is 105 Å². The molecule has 3 heterocycles. The van der Waals surface area contributed by atoms with Crippen LogP contribution in [0.25, 0.3) is 10.2 Å². The summed E-state index contributed by atoms with van der Waals surface area (Å²) in [5.74, 6) is -0.948. The normalized spacial score (nSPS) is 11.4. The Morgan fingerprint density at radius 3 is 2.74 bits per heavy atom. The van der Waals surface area contributed by atoms with Crippen molar-refractivity contribution in [2.24, 2.45) is 0 Å². The molecule has 0 radical (unpaired) electrons. The highest BCUT2D eigenvalue weighted by Gasteiger charge is 2.15. The van der Waals surface area contributed by atoms with Gasteiger partial charge in [0.25, 0.3) is 5.56 Å². The monoisotopic (exact) mass is 334 g/mol. The third-order valence-corrected chi connectivity index (χ3v) is 4.80. The van der Waals surface area contributed by atoms with Crippen LogP contribution in [-0.4, -0.2) is 20.6 Å². The predicted molar refractivity (Wildman–Crippen MR) is 85.6 cm³/mol. The molecule has 3 aromatic heterocycles. The highest BCUT2D eigenvalue weighted by Crippen LogP contribution is 2.26. The lowest BCUT2D eigenvalue weighted by Crippen LogP contribution is -2.34. The molecule has 0 saturated heterocycles. The van der Waals surface area contributed by atoms with E-state index in [0.29, 0.717) is 10.2 Å². The van der Waals surface area contributed by atoms with Crippen molar-refractivity contribution in [2.45, 2.75) is 26.3 Å². The number of nitrogens with one attached hydrogen (secondary N) is 1. The summed E-state index contributed by atoms with van der Waals surface area (Å²) in [4.78, 5) is 39.7. The first-order chi connectivity index (χ1) is 10.9. The number of aromatic nitrogens is 2. The number of furan rings is 1. The average molecular weight is 334 g/mol. The van der Waals surface area contributed by atoms with E-state index in [9.17, 15) is 14.4 Å². The zero-order valence-electron chi connectivity index (χ0n) is 12.5. The lowest BCUT2D eigenvalue weighted by atomic mass is 10.2. The molecule has 0 spiro atoms. The van der Waals surface area contributed by atoms with Gasteiger partial charge in [0.2, 0.25) is 5.76 Å². The van der Waals surface area contributed by atoms with E-state index in [1.807, 2.05) is 13.8 Å². The lowest BCUT2D eigenvalue weighted by molar-refractivity contribution is 0.0660. The second-order valence-corrected chi connectivity index (χ2v) is 6.52. The fraction of sp³-hybridized carbons (Fsp3) is 0.267. The van der Waals surface area contributed by atoms with Gasteiger partial charge >= 0.3 is 11.7 Å². The lowest BCUT2D eigenvalue weighted by Gasteiger charge is -2.02. The van der Waals surface area contributed by atoms with Crippen LogP contribution in [0.3, 0.4) is 0 Å². The van der Waals surface area contributed by atoms with Crippen LogP contribution < -0.4 is 11.2 Å². The first-order valence-electron chi connectivity index (χ1n) is 6.95. The zero-order chi connectivity index (χ0) is 16.7. The Kier molecular flexibility index (Phi) is 3.69. The Morgan fingerprint density at radius 2 is 2.13 bits per heavy atom. The summed E-state index contributed by atoms with van der Waals surface area (Å²) >= 11 is 1.39. The van der Waals surface area contributed by atoms with Gasteiger partial charge in [0.15, 0.2) is 0 Å². The smallest absolute Gasteiger partial charge is 0.371 e. The van der Waals surface area contributed by atoms with E-state index in [-0.39, 0.29) is 24.0 Å². The molecule has 0 fully saturated rings. The van der Waals surface area contributed by atoms with Gasteiger partial charge in [0.05, 0.1) is 11.9 Å². The van der Waals surface area contributed by atoms with E-state index < -0.39 is 17.2 Å². The molecular formula is C15H14N2O5S. The molecule has 0 saturated carbocycles. The van der Waals surface area contributed by atoms with Gasteiger partial charge < -0.3 is 9.52 Å². The van der Waals surface area contributed by atoms with E-state index in [0.717, 1.165) is 9.44 Å². The number of carboxylic acid groups (broad SMARTS) is 1. The van der Waals surface area contributed by atoms with E-state index in [2.05, 4.69) is 4.98 Å². The third-order valence-electron chi connectivity index (χ3n) is 3.45. The minimum absolute atomic E-state index is 0.121. The first-order valence-corrected chi connectivity index (χ1v) is 7.77. The average Bonchev–Trinajstić information content (AvgIpc) is 3.10. The predicted octanol–water partition coefficient (Wildman–Crippen LogP) is 2.21. The second kappa shape index (κ2) is 5.54. The fourth-order valence-corrected chi connectivity index (χ4v) is 3.27. The maximum Gasteiger partial charge on any atom is 0.371 e. The van der Waals surface area contributed by atoms with Crippen LogP contribution in [-0.2, 0) is 6.54 Å². The molecule has 2 N–H and O–H groups in total. The van der Waals surface area contributed by atoms with Gasteiger partial charge in [-0.3, -0.25) is 14.3 Å². The third kappa shape index (κ3) is 2.72. The molecule has 0 unspecified atom stereocenters. The molecule has 0 bridgehead atoms. The summed E-state index contributed by atoms with van der Waals surface area (Å²) in [6.07, 6.45) is 0. The number of H-pyrrole nitrogens is 1. The van der Waals surface area contributed by atoms with Crippen LogP contribution in [0.1, 0.15) is 41.0 Å². The summed E-state index contributed by atoms with van der Waals surface area (Å²) < 4.78 is 6.11. The second-order valence-electron chi connectivity index (χ2n) is 5.44. The Bertz CT molecular complexity index is 1000. The highest BCUT2D eigenvalue weighted by molar-refractivity contribution is 7.18. The van der Waals surface area contributed by atoms with Gasteiger partial charge in [-0.05, 0) is 24.1 Å². The minimum Gasteiger partial charge on any atom is -0.475 e. The largest absolute Gasteiger partial charge is 0.475 e. The summed E-state index contributed by atoms with van der Waals surface area (Å²) in [5, 5.41) is 9.29. The molecule has 0 amide bonds. The van der Waals surface area contributed by atoms with Gasteiger partial charge in [0.1, 0.15) is 10.6 Å². The Balaban J connectivity index is 2.08. The van der Waals surface area contributed by atoms with E-state index in [1.54, 1.807) is 6.07 Å². The molecule has 0 aliphatic rings. The Hall–Kier alpha value is -2.61. The van der Waals surface area contributed by atoms with E-state index in [1.165, 1.54) is 23.5 Å². The molecule has 3 rings (SSSR count). The molecule has 3 aromatic rings. The summed E-state index contributed by atoms with van der Waals surface area (Å²) in [7, 11) is 0. The number of aromatic carboxylic acids is 1. The van der Waals surface area contributed by atoms with Crippen LogP contribution in [0.4, 0.5) is 0 Å². The molecule has 120 valence electrons. The zero-order valence-corrected chi connectivity index (χ0v) is 13.3. The van der Waals surface area contributed by atoms with Crippen molar-refractivity contribution in [1.82, 2.24) is 9.55 Å². The number of carboxylic acids is 1. The summed E-state index contributed by atoms with van der Waals surface area (Å²) in [5.41, 5.74) is -0.965. The number of carbonyl (C=O) groups is 1. The van der Waals surface area contributed by atoms with Gasteiger partial charge in [-0.25, -0.2) is 9.59 Å². The van der Waals surface area contributed by atoms with Crippen molar-refractivity contribution in [2.75, 3.05) is 0 Å². The molecule has 0 aliphatic carbocycles. The molecule has 0 aromatic carbocycles. The number of thiophene rings is 1. The highest BCUT2D eigenvalue weighted by atomic mass is 32.1. The standard InChI is InChI=1S/C15H14N2O5S/c1-7(2)11-5-9-12(23-11)16-15(21)17(13(9)18)6-8-3-4-10(22-8)14(19)20/h3-5,7H,6H2,1-2H3,(H,16,21)(H,19,20). The number of rotatable bonds is 4. The number of nitrogens with zero attached hydrogens (tertiary/aromatic N) is 1. The SMILES string of the molecule is CC(C)c1cc2c(=O)n(Cc3ccc(C(=O)O)o3)c(=O)[nH]c2s1. The number of hydrogen-bond donors (Lipinski definition) is 2. The Morgan fingerprint density at radius 1 is 1.39 bits per heavy atom. The number of fused-ring (bicyclic) bond motifs is 1. The molecule has 0 atom stereocenters. The molecule has 8 heteroatoms. The van der Waals surface area contributed by atoms with Crippen molar-refractivity contribution in [3.05, 3.63) is 55.4 Å². The van der Waals surface area contributed by atoms with Crippen LogP contribution in [0.15, 0.2) is 32.2 Å². The van der Waals surface area contributed by atoms with Crippen molar-refractivity contribution >= 4 is 27.5 Å². The fourth-order valence-electron chi connectivity index (χ4n) is 2.23. The summed E-state index contributed by atoms with van der Waals surface area (Å²) in [6.45, 7) is 3.90. The van der Waals surface area contributed by atoms with Crippen molar-refractivity contribution in [3.63, 3.8) is 0 Å². The maximum absolute atomic E-state index is 12.5. The van der Waals surface area contributed by atoms with Gasteiger partial charge in [-0.15, -0.1) is 11.3 Å². The van der Waals surface area contributed by atoms with Crippen LogP contribution in [0.2, 0.25) is 0 Å². The van der Waals surface area contributed by atoms with Crippen molar-refractivity contribution < 1.29 is 14.3 Å². The quantitative estimate of drug-likeness (QED) is 0.761. The van der Waals surface area contributed by atoms with Crippen molar-refractivity contribution in [3.8, 4) is 0 Å². The van der Waals surface area contributed by atoms with Crippen LogP contribution in [0, 0.1) is 0 Å². The number of aromatic amines is 1. The van der Waals surface area contributed by atoms with Gasteiger partial charge in [0, 0.05) is 4.88 Å². The molecule has 0 aliphatic heterocycles. The van der Waals surface area contributed by atoms with Crippen LogP contribution in [0.5, 0.6) is 0 Å². The maximum atomic E-state index is 12.5. The van der Waals surface area contributed by atoms with E-state index in [4.69, 9.17) is 9.52 Å². The molecular weight excluding hydrogens is 320 g/mol. The van der Waals surface area contributed by atoms with Crippen LogP contribution >= 0.6 is 11.3 Å². The van der Waals surface area contributed by atoms with Gasteiger partial charge in [-0.1, -0.05) is 13.8 Å². The molecule has 7 nitrogen and oxygen atoms in total. The summed E-state index contributed by atoms with van der Waals surface area (Å²) in [6, 6.07) is 4.51. The van der Waals surface area contributed by atoms with E-state index >= 15 is 0 Å². The van der Waals surface area contributed by atoms with Crippen molar-refractivity contribution in [1.29, 1.82) is 0 Å². The molecule has 23 heavy (non-hydrogen) atoms. The van der Waals surface area contributed by atoms with Gasteiger partial charge in [-0.2, -0.15) is 0 Å². The number of hydrogen-bond acceptors (Lipinski definition) is 5. The Labute approximate surface area is 133 Å².